The van der Waals surface area contributed by atoms with Crippen LogP contribution in [-0.2, 0) is 37.4 Å². The second-order valence-electron chi connectivity index (χ2n) is 7.48. The summed E-state index contributed by atoms with van der Waals surface area (Å²) < 4.78 is 46.1. The summed E-state index contributed by atoms with van der Waals surface area (Å²) in [7, 11) is 4.03. The zero-order chi connectivity index (χ0) is 23.0. The molecule has 0 saturated heterocycles. The minimum absolute atomic E-state index is 0.281. The molecule has 0 amide bonds. The van der Waals surface area contributed by atoms with Crippen molar-refractivity contribution in [1.29, 1.82) is 0 Å². The molecule has 10 heteroatoms. The highest BCUT2D eigenvalue weighted by molar-refractivity contribution is 7.84. The number of hydrogen-bond acceptors (Lipinski definition) is 7. The summed E-state index contributed by atoms with van der Waals surface area (Å²) in [5.74, 6) is 1.50. The first-order chi connectivity index (χ1) is 14.4. The van der Waals surface area contributed by atoms with Crippen LogP contribution in [0.2, 0.25) is 11.1 Å². The van der Waals surface area contributed by atoms with Crippen molar-refractivity contribution in [1.82, 2.24) is 0 Å². The Hall–Kier alpha value is 0.344. The molecule has 0 aliphatic heterocycles. The summed E-state index contributed by atoms with van der Waals surface area (Å²) in [6.45, 7) is 4.28. The van der Waals surface area contributed by atoms with Crippen molar-refractivity contribution in [2.75, 3.05) is 54.2 Å². The molecule has 0 aliphatic carbocycles. The molecule has 0 radical (unpaired) electrons. The third kappa shape index (κ3) is 9.07. The van der Waals surface area contributed by atoms with Crippen LogP contribution in [0.3, 0.4) is 0 Å². The van der Waals surface area contributed by atoms with Gasteiger partial charge in [0.05, 0.1) is 0 Å². The molecule has 0 aromatic heterocycles. The van der Waals surface area contributed by atoms with Gasteiger partial charge in [0, 0.05) is 76.0 Å². The van der Waals surface area contributed by atoms with Crippen molar-refractivity contribution in [2.45, 2.75) is 76.3 Å². The lowest BCUT2D eigenvalue weighted by molar-refractivity contribution is 0.108. The molecule has 182 valence electrons. The van der Waals surface area contributed by atoms with E-state index in [0.717, 1.165) is 62.9 Å². The van der Waals surface area contributed by atoms with Crippen molar-refractivity contribution < 1.29 is 30.8 Å². The second-order valence-corrected chi connectivity index (χ2v) is 15.7. The molecular formula is C20H46O7SSi2. The van der Waals surface area contributed by atoms with E-state index in [4.69, 9.17) is 26.6 Å². The summed E-state index contributed by atoms with van der Waals surface area (Å²) in [6, 6.07) is 0. The molecule has 30 heavy (non-hydrogen) atoms. The van der Waals surface area contributed by atoms with Crippen molar-refractivity contribution >= 4 is 28.4 Å². The molecule has 0 fully saturated rings. The van der Waals surface area contributed by atoms with E-state index in [2.05, 4.69) is 13.8 Å². The van der Waals surface area contributed by atoms with E-state index in [1.54, 1.807) is 42.7 Å². The monoisotopic (exact) mass is 486 g/mol. The minimum Gasteiger partial charge on any atom is -0.377 e. The van der Waals surface area contributed by atoms with Gasteiger partial charge in [0.2, 0.25) is 0 Å². The number of hydrogen-bond donors (Lipinski definition) is 0. The van der Waals surface area contributed by atoms with Crippen LogP contribution in [0.5, 0.6) is 0 Å². The van der Waals surface area contributed by atoms with Gasteiger partial charge >= 0.3 is 17.6 Å². The van der Waals surface area contributed by atoms with Gasteiger partial charge in [-0.3, -0.25) is 4.21 Å². The highest BCUT2D eigenvalue weighted by atomic mass is 32.2. The Morgan fingerprint density at radius 2 is 0.900 bits per heavy atom. The molecular weight excluding hydrogens is 440 g/mol. The maximum absolute atomic E-state index is 12.4. The van der Waals surface area contributed by atoms with Gasteiger partial charge in [0.1, 0.15) is 0 Å². The second kappa shape index (κ2) is 16.9. The fourth-order valence-electron chi connectivity index (χ4n) is 4.17. The van der Waals surface area contributed by atoms with Crippen molar-refractivity contribution in [3.8, 4) is 0 Å². The molecule has 0 N–H and O–H groups in total. The first kappa shape index (κ1) is 30.3. The average Bonchev–Trinajstić information content (AvgIpc) is 2.79. The summed E-state index contributed by atoms with van der Waals surface area (Å²) in [5.41, 5.74) is 0.562. The van der Waals surface area contributed by atoms with E-state index in [9.17, 15) is 4.21 Å². The maximum Gasteiger partial charge on any atom is 0.503 e. The Labute approximate surface area is 189 Å². The van der Waals surface area contributed by atoms with Gasteiger partial charge in [-0.15, -0.1) is 0 Å². The molecule has 7 nitrogen and oxygen atoms in total. The van der Waals surface area contributed by atoms with Gasteiger partial charge in [0.25, 0.3) is 0 Å². The summed E-state index contributed by atoms with van der Waals surface area (Å²) in [4.78, 5) is 0. The van der Waals surface area contributed by atoms with Crippen LogP contribution in [-0.4, -0.2) is 76.0 Å². The van der Waals surface area contributed by atoms with Crippen LogP contribution in [0.25, 0.3) is 0 Å². The predicted molar refractivity (Wildman–Crippen MR) is 127 cm³/mol. The maximum atomic E-state index is 12.4. The zero-order valence-electron chi connectivity index (χ0n) is 20.5. The summed E-state index contributed by atoms with van der Waals surface area (Å²) in [6.07, 6.45) is 7.80. The smallest absolute Gasteiger partial charge is 0.377 e. The first-order valence-electron chi connectivity index (χ1n) is 11.0. The Morgan fingerprint density at radius 3 is 1.13 bits per heavy atom. The number of rotatable bonds is 20. The largest absolute Gasteiger partial charge is 0.503 e. The van der Waals surface area contributed by atoms with Crippen LogP contribution in [0.4, 0.5) is 0 Å². The van der Waals surface area contributed by atoms with Crippen LogP contribution in [0, 0.1) is 0 Å². The van der Waals surface area contributed by atoms with Gasteiger partial charge in [-0.2, -0.15) is 0 Å². The van der Waals surface area contributed by atoms with Crippen LogP contribution >= 0.6 is 0 Å². The van der Waals surface area contributed by atoms with Gasteiger partial charge in [-0.25, -0.2) is 0 Å². The third-order valence-electron chi connectivity index (χ3n) is 6.04. The third-order valence-corrected chi connectivity index (χ3v) is 14.3. The van der Waals surface area contributed by atoms with E-state index in [0.29, 0.717) is 0 Å². The topological polar surface area (TPSA) is 72.5 Å². The SMILES string of the molecule is CCC(CCCCS(=O)CCCCC(CC)[Si](OC)(OC)OC)[Si](OC)(OC)OC. The lowest BCUT2D eigenvalue weighted by atomic mass is 10.1. The highest BCUT2D eigenvalue weighted by Gasteiger charge is 2.46. The van der Waals surface area contributed by atoms with Gasteiger partial charge in [0.15, 0.2) is 0 Å². The van der Waals surface area contributed by atoms with Crippen molar-refractivity contribution in [3.05, 3.63) is 0 Å². The normalized spacial score (nSPS) is 15.9. The molecule has 0 aromatic carbocycles. The molecule has 0 saturated carbocycles. The molecule has 0 bridgehead atoms. The van der Waals surface area contributed by atoms with Crippen molar-refractivity contribution in [2.24, 2.45) is 0 Å². The highest BCUT2D eigenvalue weighted by Crippen LogP contribution is 2.33. The molecule has 2 unspecified atom stereocenters. The standard InChI is InChI=1S/C20H46O7SSi2/c1-9-19(29(22-3,23-4)24-5)15-11-13-17-28(21)18-14-12-16-20(10-2)30(25-6,26-7)27-8/h19-20H,9-18H2,1-8H3. The first-order valence-corrected chi connectivity index (χ1v) is 16.1. The van der Waals surface area contributed by atoms with Crippen LogP contribution in [0.1, 0.15) is 65.2 Å². The minimum atomic E-state index is -2.59. The molecule has 2 atom stereocenters. The van der Waals surface area contributed by atoms with E-state index < -0.39 is 28.4 Å². The van der Waals surface area contributed by atoms with Gasteiger partial charge < -0.3 is 26.6 Å². The van der Waals surface area contributed by atoms with Crippen LogP contribution < -0.4 is 0 Å². The molecule has 0 aromatic rings. The quantitative estimate of drug-likeness (QED) is 0.187. The van der Waals surface area contributed by atoms with E-state index in [1.165, 1.54) is 0 Å². The Morgan fingerprint density at radius 1 is 0.600 bits per heavy atom. The Balaban J connectivity index is 4.24. The summed E-state index contributed by atoms with van der Waals surface area (Å²) in [5, 5.41) is 0. The zero-order valence-corrected chi connectivity index (χ0v) is 23.3. The fraction of sp³-hybridized carbons (Fsp3) is 1.00. The lowest BCUT2D eigenvalue weighted by Crippen LogP contribution is -2.47. The van der Waals surface area contributed by atoms with Crippen molar-refractivity contribution in [3.63, 3.8) is 0 Å². The van der Waals surface area contributed by atoms with Gasteiger partial charge in [-0.1, -0.05) is 26.7 Å². The lowest BCUT2D eigenvalue weighted by Gasteiger charge is -2.32. The molecule has 0 rings (SSSR count). The van der Waals surface area contributed by atoms with E-state index >= 15 is 0 Å². The average molecular weight is 487 g/mol. The molecule has 0 spiro atoms. The molecule has 0 heterocycles. The van der Waals surface area contributed by atoms with Crippen LogP contribution in [0.15, 0.2) is 0 Å². The Kier molecular flexibility index (Phi) is 17.1. The van der Waals surface area contributed by atoms with E-state index in [-0.39, 0.29) is 11.1 Å². The predicted octanol–water partition coefficient (Wildman–Crippen LogP) is 4.39. The fourth-order valence-corrected chi connectivity index (χ4v) is 10.5. The van der Waals surface area contributed by atoms with Gasteiger partial charge in [-0.05, 0) is 38.5 Å². The van der Waals surface area contributed by atoms with E-state index in [1.807, 2.05) is 0 Å². The number of unbranched alkanes of at least 4 members (excludes halogenated alkanes) is 2. The summed E-state index contributed by atoms with van der Waals surface area (Å²) >= 11 is 0. The molecule has 0 aliphatic rings. The Bertz CT molecular complexity index is 394.